The fourth-order valence-electron chi connectivity index (χ4n) is 1.35. The van der Waals surface area contributed by atoms with Gasteiger partial charge in [0, 0.05) is 7.05 Å². The monoisotopic (exact) mass is 193 g/mol. The maximum absolute atomic E-state index is 5.78. The lowest BCUT2D eigenvalue weighted by atomic mass is 10.2. The summed E-state index contributed by atoms with van der Waals surface area (Å²) in [7, 11) is 3.54. The van der Waals surface area contributed by atoms with Crippen molar-refractivity contribution in [2.75, 3.05) is 19.5 Å². The van der Waals surface area contributed by atoms with Crippen molar-refractivity contribution >= 4 is 5.69 Å². The number of rotatable bonds is 4. The van der Waals surface area contributed by atoms with E-state index in [9.17, 15) is 0 Å². The summed E-state index contributed by atoms with van der Waals surface area (Å²) in [4.78, 5) is 0. The summed E-state index contributed by atoms with van der Waals surface area (Å²) >= 11 is 0. The molecule has 0 heterocycles. The van der Waals surface area contributed by atoms with Gasteiger partial charge >= 0.3 is 0 Å². The SMILES string of the molecule is CNc1cccc(OC)c1OC1CC1. The van der Waals surface area contributed by atoms with E-state index in [4.69, 9.17) is 9.47 Å². The fourth-order valence-corrected chi connectivity index (χ4v) is 1.35. The molecule has 1 aromatic rings. The highest BCUT2D eigenvalue weighted by molar-refractivity contribution is 5.63. The van der Waals surface area contributed by atoms with Gasteiger partial charge in [-0.05, 0) is 25.0 Å². The quantitative estimate of drug-likeness (QED) is 0.795. The van der Waals surface area contributed by atoms with Gasteiger partial charge in [0.1, 0.15) is 0 Å². The zero-order valence-electron chi connectivity index (χ0n) is 8.54. The molecule has 14 heavy (non-hydrogen) atoms. The standard InChI is InChI=1S/C11H15NO2/c1-12-9-4-3-5-10(13-2)11(9)14-8-6-7-8/h3-5,8,12H,6-7H2,1-2H3. The molecule has 76 valence electrons. The van der Waals surface area contributed by atoms with Crippen LogP contribution in [0.2, 0.25) is 0 Å². The first-order chi connectivity index (χ1) is 6.85. The summed E-state index contributed by atoms with van der Waals surface area (Å²) in [6, 6.07) is 5.85. The molecule has 2 rings (SSSR count). The number of benzene rings is 1. The Bertz CT molecular complexity index is 299. The molecule has 0 radical (unpaired) electrons. The van der Waals surface area contributed by atoms with E-state index in [1.165, 1.54) is 0 Å². The van der Waals surface area contributed by atoms with Crippen LogP contribution in [-0.2, 0) is 0 Å². The molecular weight excluding hydrogens is 178 g/mol. The van der Waals surface area contributed by atoms with Crippen molar-refractivity contribution in [2.24, 2.45) is 0 Å². The summed E-state index contributed by atoms with van der Waals surface area (Å²) in [6.45, 7) is 0. The third kappa shape index (κ3) is 1.76. The summed E-state index contributed by atoms with van der Waals surface area (Å²) in [5.41, 5.74) is 0.983. The fraction of sp³-hybridized carbons (Fsp3) is 0.455. The van der Waals surface area contributed by atoms with Gasteiger partial charge in [0.2, 0.25) is 0 Å². The molecule has 0 spiro atoms. The highest BCUT2D eigenvalue weighted by Gasteiger charge is 2.26. The van der Waals surface area contributed by atoms with Crippen LogP contribution in [0.1, 0.15) is 12.8 Å². The number of hydrogen-bond acceptors (Lipinski definition) is 3. The Labute approximate surface area is 84.0 Å². The minimum atomic E-state index is 0.387. The van der Waals surface area contributed by atoms with E-state index in [1.54, 1.807) is 7.11 Å². The minimum Gasteiger partial charge on any atom is -0.493 e. The molecule has 3 nitrogen and oxygen atoms in total. The zero-order valence-corrected chi connectivity index (χ0v) is 8.54. The Kier molecular flexibility index (Phi) is 2.48. The van der Waals surface area contributed by atoms with Crippen LogP contribution >= 0.6 is 0 Å². The van der Waals surface area contributed by atoms with Gasteiger partial charge in [-0.25, -0.2) is 0 Å². The third-order valence-corrected chi connectivity index (χ3v) is 2.28. The smallest absolute Gasteiger partial charge is 0.184 e. The van der Waals surface area contributed by atoms with E-state index in [0.29, 0.717) is 6.10 Å². The molecule has 1 aliphatic rings. The largest absolute Gasteiger partial charge is 0.493 e. The molecule has 1 saturated carbocycles. The highest BCUT2D eigenvalue weighted by atomic mass is 16.5. The first-order valence-electron chi connectivity index (χ1n) is 4.86. The maximum Gasteiger partial charge on any atom is 0.184 e. The van der Waals surface area contributed by atoms with E-state index in [0.717, 1.165) is 30.0 Å². The van der Waals surface area contributed by atoms with E-state index in [-0.39, 0.29) is 0 Å². The minimum absolute atomic E-state index is 0.387. The van der Waals surface area contributed by atoms with E-state index in [2.05, 4.69) is 5.32 Å². The molecule has 1 fully saturated rings. The van der Waals surface area contributed by atoms with E-state index >= 15 is 0 Å². The molecule has 0 amide bonds. The number of methoxy groups -OCH3 is 1. The lowest BCUT2D eigenvalue weighted by Crippen LogP contribution is -2.02. The van der Waals surface area contributed by atoms with Crippen LogP contribution in [-0.4, -0.2) is 20.3 Å². The maximum atomic E-state index is 5.78. The van der Waals surface area contributed by atoms with Crippen LogP contribution in [0.25, 0.3) is 0 Å². The van der Waals surface area contributed by atoms with Crippen LogP contribution in [0.4, 0.5) is 5.69 Å². The van der Waals surface area contributed by atoms with Crippen LogP contribution in [0.3, 0.4) is 0 Å². The van der Waals surface area contributed by atoms with Gasteiger partial charge in [-0.2, -0.15) is 0 Å². The summed E-state index contributed by atoms with van der Waals surface area (Å²) in [5, 5.41) is 3.10. The highest BCUT2D eigenvalue weighted by Crippen LogP contribution is 2.39. The molecule has 0 saturated heterocycles. The lowest BCUT2D eigenvalue weighted by Gasteiger charge is -2.13. The molecular formula is C11H15NO2. The zero-order chi connectivity index (χ0) is 9.97. The average Bonchev–Trinajstić information content (AvgIpc) is 3.02. The van der Waals surface area contributed by atoms with Crippen molar-refractivity contribution in [1.29, 1.82) is 0 Å². The van der Waals surface area contributed by atoms with Gasteiger partial charge in [0.15, 0.2) is 11.5 Å². The molecule has 0 aromatic heterocycles. The second kappa shape index (κ2) is 3.78. The Morgan fingerprint density at radius 3 is 2.71 bits per heavy atom. The van der Waals surface area contributed by atoms with Gasteiger partial charge in [0.25, 0.3) is 0 Å². The second-order valence-corrected chi connectivity index (χ2v) is 3.40. The number of nitrogens with one attached hydrogen (secondary N) is 1. The Balaban J connectivity index is 2.29. The van der Waals surface area contributed by atoms with E-state index in [1.807, 2.05) is 25.2 Å². The third-order valence-electron chi connectivity index (χ3n) is 2.28. The average molecular weight is 193 g/mol. The van der Waals surface area contributed by atoms with Crippen molar-refractivity contribution in [1.82, 2.24) is 0 Å². The molecule has 0 unspecified atom stereocenters. The van der Waals surface area contributed by atoms with Gasteiger partial charge in [0.05, 0.1) is 18.9 Å². The van der Waals surface area contributed by atoms with E-state index < -0.39 is 0 Å². The molecule has 0 bridgehead atoms. The molecule has 1 aromatic carbocycles. The Morgan fingerprint density at radius 2 is 2.14 bits per heavy atom. The molecule has 3 heteroatoms. The predicted molar refractivity (Wildman–Crippen MR) is 56.2 cm³/mol. The van der Waals surface area contributed by atoms with Crippen molar-refractivity contribution in [3.05, 3.63) is 18.2 Å². The number of anilines is 1. The van der Waals surface area contributed by atoms with Crippen molar-refractivity contribution in [3.63, 3.8) is 0 Å². The first-order valence-corrected chi connectivity index (χ1v) is 4.86. The molecule has 0 aliphatic heterocycles. The van der Waals surface area contributed by atoms with Crippen molar-refractivity contribution < 1.29 is 9.47 Å². The van der Waals surface area contributed by atoms with Crippen molar-refractivity contribution in [3.8, 4) is 11.5 Å². The number of para-hydroxylation sites is 1. The van der Waals surface area contributed by atoms with Gasteiger partial charge in [-0.15, -0.1) is 0 Å². The van der Waals surface area contributed by atoms with Crippen molar-refractivity contribution in [2.45, 2.75) is 18.9 Å². The van der Waals surface area contributed by atoms with Gasteiger partial charge in [-0.1, -0.05) is 6.07 Å². The number of ether oxygens (including phenoxy) is 2. The second-order valence-electron chi connectivity index (χ2n) is 3.40. The van der Waals surface area contributed by atoms with Crippen LogP contribution in [0.5, 0.6) is 11.5 Å². The van der Waals surface area contributed by atoms with Crippen LogP contribution in [0.15, 0.2) is 18.2 Å². The van der Waals surface area contributed by atoms with Crippen LogP contribution in [0, 0.1) is 0 Å². The predicted octanol–water partition coefficient (Wildman–Crippen LogP) is 2.28. The molecule has 0 atom stereocenters. The lowest BCUT2D eigenvalue weighted by molar-refractivity contribution is 0.283. The van der Waals surface area contributed by atoms with Crippen LogP contribution < -0.4 is 14.8 Å². The Morgan fingerprint density at radius 1 is 1.36 bits per heavy atom. The summed E-state index contributed by atoms with van der Waals surface area (Å²) < 4.78 is 11.0. The topological polar surface area (TPSA) is 30.5 Å². The first kappa shape index (κ1) is 9.19. The summed E-state index contributed by atoms with van der Waals surface area (Å²) in [5.74, 6) is 1.63. The van der Waals surface area contributed by atoms with Gasteiger partial charge < -0.3 is 14.8 Å². The Hall–Kier alpha value is -1.38. The number of hydrogen-bond donors (Lipinski definition) is 1. The van der Waals surface area contributed by atoms with Gasteiger partial charge in [-0.3, -0.25) is 0 Å². The molecule has 1 aliphatic carbocycles. The molecule has 1 N–H and O–H groups in total. The summed E-state index contributed by atoms with van der Waals surface area (Å²) in [6.07, 6.45) is 2.70. The normalized spacial score (nSPS) is 15.0.